The Balaban J connectivity index is 1.81. The van der Waals surface area contributed by atoms with E-state index in [1.165, 1.54) is 31.0 Å². The zero-order valence-electron chi connectivity index (χ0n) is 11.7. The van der Waals surface area contributed by atoms with Crippen LogP contribution in [0.4, 0.5) is 4.39 Å². The van der Waals surface area contributed by atoms with E-state index >= 15 is 0 Å². The Morgan fingerprint density at radius 3 is 3.10 bits per heavy atom. The molecule has 0 aromatic heterocycles. The fourth-order valence-electron chi connectivity index (χ4n) is 2.58. The van der Waals surface area contributed by atoms with E-state index in [9.17, 15) is 9.18 Å². The van der Waals surface area contributed by atoms with Crippen molar-refractivity contribution in [2.75, 3.05) is 26.2 Å². The quantitative estimate of drug-likeness (QED) is 0.927. The standard InChI is InChI=1S/C15H20ClFN2O/c1-11-3-2-7-19(10-11)8-6-18-15(20)13-9-12(16)4-5-14(13)17/h4-5,9,11H,2-3,6-8,10H2,1H3,(H,18,20). The number of likely N-dealkylation sites (tertiary alicyclic amines) is 1. The number of halogens is 2. The molecule has 1 N–H and O–H groups in total. The van der Waals surface area contributed by atoms with Gasteiger partial charge in [-0.1, -0.05) is 18.5 Å². The van der Waals surface area contributed by atoms with Gasteiger partial charge in [-0.25, -0.2) is 4.39 Å². The van der Waals surface area contributed by atoms with Gasteiger partial charge in [-0.05, 0) is 43.5 Å². The second-order valence-electron chi connectivity index (χ2n) is 5.43. The molecule has 1 heterocycles. The molecule has 1 aliphatic heterocycles. The van der Waals surface area contributed by atoms with Crippen molar-refractivity contribution in [2.45, 2.75) is 19.8 Å². The van der Waals surface area contributed by atoms with Crippen LogP contribution < -0.4 is 5.32 Å². The van der Waals surface area contributed by atoms with Gasteiger partial charge in [-0.3, -0.25) is 4.79 Å². The molecule has 0 saturated carbocycles. The lowest BCUT2D eigenvalue weighted by molar-refractivity contribution is 0.0940. The first-order valence-corrected chi connectivity index (χ1v) is 7.39. The van der Waals surface area contributed by atoms with Crippen LogP contribution in [0.5, 0.6) is 0 Å². The zero-order chi connectivity index (χ0) is 14.5. The Morgan fingerprint density at radius 2 is 2.35 bits per heavy atom. The van der Waals surface area contributed by atoms with Crippen LogP contribution in [-0.2, 0) is 0 Å². The Bertz CT molecular complexity index is 481. The summed E-state index contributed by atoms with van der Waals surface area (Å²) >= 11 is 5.78. The summed E-state index contributed by atoms with van der Waals surface area (Å²) < 4.78 is 13.5. The molecule has 1 saturated heterocycles. The number of benzene rings is 1. The molecule has 1 aromatic carbocycles. The molecule has 1 amide bonds. The topological polar surface area (TPSA) is 32.3 Å². The SMILES string of the molecule is CC1CCCN(CCNC(=O)c2cc(Cl)ccc2F)C1. The van der Waals surface area contributed by atoms with Gasteiger partial charge >= 0.3 is 0 Å². The highest BCUT2D eigenvalue weighted by Crippen LogP contribution is 2.16. The van der Waals surface area contributed by atoms with E-state index in [2.05, 4.69) is 17.1 Å². The molecule has 0 bridgehead atoms. The fourth-order valence-corrected chi connectivity index (χ4v) is 2.76. The number of amides is 1. The van der Waals surface area contributed by atoms with Crippen molar-refractivity contribution in [1.82, 2.24) is 10.2 Å². The van der Waals surface area contributed by atoms with Crippen molar-refractivity contribution in [2.24, 2.45) is 5.92 Å². The van der Waals surface area contributed by atoms with Crippen LogP contribution in [-0.4, -0.2) is 37.0 Å². The van der Waals surface area contributed by atoms with Crippen molar-refractivity contribution < 1.29 is 9.18 Å². The van der Waals surface area contributed by atoms with Crippen molar-refractivity contribution in [3.8, 4) is 0 Å². The highest BCUT2D eigenvalue weighted by molar-refractivity contribution is 6.30. The summed E-state index contributed by atoms with van der Waals surface area (Å²) in [6.45, 7) is 5.72. The van der Waals surface area contributed by atoms with Gasteiger partial charge in [0.25, 0.3) is 5.91 Å². The van der Waals surface area contributed by atoms with Crippen molar-refractivity contribution in [3.63, 3.8) is 0 Å². The second kappa shape index (κ2) is 7.04. The molecule has 20 heavy (non-hydrogen) atoms. The summed E-state index contributed by atoms with van der Waals surface area (Å²) in [5.41, 5.74) is 0.00418. The minimum absolute atomic E-state index is 0.00418. The Hall–Kier alpha value is -1.13. The van der Waals surface area contributed by atoms with E-state index in [4.69, 9.17) is 11.6 Å². The second-order valence-corrected chi connectivity index (χ2v) is 5.86. The first kappa shape index (κ1) is 15.3. The summed E-state index contributed by atoms with van der Waals surface area (Å²) in [6, 6.07) is 4.00. The zero-order valence-corrected chi connectivity index (χ0v) is 12.4. The van der Waals surface area contributed by atoms with E-state index in [1.807, 2.05) is 0 Å². The third-order valence-electron chi connectivity index (χ3n) is 3.63. The number of hydrogen-bond acceptors (Lipinski definition) is 2. The third kappa shape index (κ3) is 4.18. The van der Waals surface area contributed by atoms with Crippen LogP contribution in [0.25, 0.3) is 0 Å². The van der Waals surface area contributed by atoms with Gasteiger partial charge in [-0.2, -0.15) is 0 Å². The maximum Gasteiger partial charge on any atom is 0.254 e. The number of rotatable bonds is 4. The van der Waals surface area contributed by atoms with Crippen LogP contribution >= 0.6 is 11.6 Å². The predicted octanol–water partition coefficient (Wildman–Crippen LogP) is 2.94. The highest BCUT2D eigenvalue weighted by atomic mass is 35.5. The summed E-state index contributed by atoms with van der Waals surface area (Å²) in [5, 5.41) is 3.11. The molecule has 1 unspecified atom stereocenters. The van der Waals surface area contributed by atoms with E-state index < -0.39 is 11.7 Å². The molecule has 3 nitrogen and oxygen atoms in total. The molecule has 0 radical (unpaired) electrons. The fraction of sp³-hybridized carbons (Fsp3) is 0.533. The Kier molecular flexibility index (Phi) is 5.38. The van der Waals surface area contributed by atoms with Gasteiger partial charge in [0.2, 0.25) is 0 Å². The molecular weight excluding hydrogens is 279 g/mol. The predicted molar refractivity (Wildman–Crippen MR) is 78.6 cm³/mol. The molecule has 0 spiro atoms. The molecule has 1 aliphatic rings. The van der Waals surface area contributed by atoms with Gasteiger partial charge < -0.3 is 10.2 Å². The summed E-state index contributed by atoms with van der Waals surface area (Å²) in [6.07, 6.45) is 2.48. The normalized spacial score (nSPS) is 19.9. The first-order chi connectivity index (χ1) is 9.56. The van der Waals surface area contributed by atoms with E-state index in [0.29, 0.717) is 17.5 Å². The van der Waals surface area contributed by atoms with Gasteiger partial charge in [0.05, 0.1) is 5.56 Å². The lowest BCUT2D eigenvalue weighted by atomic mass is 10.0. The Labute approximate surface area is 124 Å². The van der Waals surface area contributed by atoms with Crippen LogP contribution in [0.2, 0.25) is 5.02 Å². The number of nitrogens with zero attached hydrogens (tertiary/aromatic N) is 1. The maximum absolute atomic E-state index is 13.5. The summed E-state index contributed by atoms with van der Waals surface area (Å²) in [5.74, 6) is -0.238. The number of hydrogen-bond donors (Lipinski definition) is 1. The molecule has 1 aromatic rings. The van der Waals surface area contributed by atoms with Crippen LogP contribution in [0, 0.1) is 11.7 Å². The van der Waals surface area contributed by atoms with Crippen molar-refractivity contribution in [1.29, 1.82) is 0 Å². The molecule has 110 valence electrons. The van der Waals surface area contributed by atoms with Gasteiger partial charge in [0.1, 0.15) is 5.82 Å². The van der Waals surface area contributed by atoms with Gasteiger partial charge in [0.15, 0.2) is 0 Å². The molecular formula is C15H20ClFN2O. The van der Waals surface area contributed by atoms with Gasteiger partial charge in [0, 0.05) is 24.7 Å². The molecule has 5 heteroatoms. The van der Waals surface area contributed by atoms with Gasteiger partial charge in [-0.15, -0.1) is 0 Å². The summed E-state index contributed by atoms with van der Waals surface area (Å²) in [4.78, 5) is 14.2. The third-order valence-corrected chi connectivity index (χ3v) is 3.86. The molecule has 0 aliphatic carbocycles. The molecule has 1 fully saturated rings. The number of nitrogens with one attached hydrogen (secondary N) is 1. The lowest BCUT2D eigenvalue weighted by Gasteiger charge is -2.30. The van der Waals surface area contributed by atoms with Crippen LogP contribution in [0.3, 0.4) is 0 Å². The monoisotopic (exact) mass is 298 g/mol. The minimum Gasteiger partial charge on any atom is -0.351 e. The van der Waals surface area contributed by atoms with Crippen LogP contribution in [0.15, 0.2) is 18.2 Å². The van der Waals surface area contributed by atoms with E-state index in [-0.39, 0.29) is 5.56 Å². The lowest BCUT2D eigenvalue weighted by Crippen LogP contribution is -2.40. The smallest absolute Gasteiger partial charge is 0.254 e. The number of carbonyl (C=O) groups excluding carboxylic acids is 1. The Morgan fingerprint density at radius 1 is 1.55 bits per heavy atom. The highest BCUT2D eigenvalue weighted by Gasteiger charge is 2.16. The molecule has 2 rings (SSSR count). The average Bonchev–Trinajstić information content (AvgIpc) is 2.41. The van der Waals surface area contributed by atoms with E-state index in [0.717, 1.165) is 19.6 Å². The summed E-state index contributed by atoms with van der Waals surface area (Å²) in [7, 11) is 0. The number of carbonyl (C=O) groups is 1. The van der Waals surface area contributed by atoms with Crippen LogP contribution in [0.1, 0.15) is 30.1 Å². The molecule has 1 atom stereocenters. The maximum atomic E-state index is 13.5. The first-order valence-electron chi connectivity index (χ1n) is 7.02. The van der Waals surface area contributed by atoms with E-state index in [1.54, 1.807) is 0 Å². The number of piperidine rings is 1. The average molecular weight is 299 g/mol. The largest absolute Gasteiger partial charge is 0.351 e. The van der Waals surface area contributed by atoms with Crippen molar-refractivity contribution in [3.05, 3.63) is 34.6 Å². The van der Waals surface area contributed by atoms with Crippen molar-refractivity contribution >= 4 is 17.5 Å². The minimum atomic E-state index is -0.543.